The molecule has 1 fully saturated rings. The third-order valence-corrected chi connectivity index (χ3v) is 7.14. The number of ether oxygens (including phenoxy) is 1. The highest BCUT2D eigenvalue weighted by Crippen LogP contribution is 2.52. The fourth-order valence-electron chi connectivity index (χ4n) is 3.58. The van der Waals surface area contributed by atoms with Crippen LogP contribution in [0.3, 0.4) is 0 Å². The minimum Gasteiger partial charge on any atom is -0.479 e. The molecule has 1 heterocycles. The van der Waals surface area contributed by atoms with Gasteiger partial charge in [0.05, 0.1) is 0 Å². The lowest BCUT2D eigenvalue weighted by Crippen LogP contribution is -2.43. The maximum Gasteiger partial charge on any atom is 0.351 e. The van der Waals surface area contributed by atoms with E-state index >= 15 is 0 Å². The third-order valence-electron chi connectivity index (χ3n) is 5.33. The predicted octanol–water partition coefficient (Wildman–Crippen LogP) is 2.27. The molecule has 0 aromatic heterocycles. The van der Waals surface area contributed by atoms with Crippen molar-refractivity contribution in [1.29, 1.82) is 0 Å². The summed E-state index contributed by atoms with van der Waals surface area (Å²) in [5.74, 6) is -3.22. The largest absolute Gasteiger partial charge is 0.479 e. The predicted molar refractivity (Wildman–Crippen MR) is 115 cm³/mol. The van der Waals surface area contributed by atoms with Crippen molar-refractivity contribution in [2.75, 3.05) is 19.8 Å². The van der Waals surface area contributed by atoms with Gasteiger partial charge in [-0.3, -0.25) is 13.9 Å². The van der Waals surface area contributed by atoms with Crippen molar-refractivity contribution < 1.29 is 33.4 Å². The monoisotopic (exact) mass is 456 g/mol. The minimum absolute atomic E-state index is 0.0690. The number of carbonyl (C=O) groups excluding carboxylic acids is 1. The van der Waals surface area contributed by atoms with Crippen LogP contribution in [0.1, 0.15) is 44.1 Å². The summed E-state index contributed by atoms with van der Waals surface area (Å²) in [7, 11) is -4.48. The van der Waals surface area contributed by atoms with Crippen LogP contribution in [0.25, 0.3) is 0 Å². The number of nitrogens with one attached hydrogen (secondary N) is 1. The zero-order valence-corrected chi connectivity index (χ0v) is 18.5. The van der Waals surface area contributed by atoms with Gasteiger partial charge in [0.2, 0.25) is 5.91 Å². The molecule has 1 amide bonds. The van der Waals surface area contributed by atoms with Crippen molar-refractivity contribution in [2.45, 2.75) is 56.8 Å². The van der Waals surface area contributed by atoms with Gasteiger partial charge in [-0.15, -0.1) is 0 Å². The highest BCUT2D eigenvalue weighted by atomic mass is 31.2. The first-order valence-corrected chi connectivity index (χ1v) is 12.3. The number of carbonyl (C=O) groups is 2. The number of benzene rings is 1. The topological polar surface area (TPSA) is 148 Å². The molecule has 1 aromatic carbocycles. The van der Waals surface area contributed by atoms with E-state index in [1.165, 1.54) is 0 Å². The van der Waals surface area contributed by atoms with Crippen LogP contribution < -0.4 is 11.1 Å². The summed E-state index contributed by atoms with van der Waals surface area (Å²) in [6, 6.07) is 9.45. The van der Waals surface area contributed by atoms with Crippen LogP contribution in [0.4, 0.5) is 0 Å². The molecule has 0 spiro atoms. The Morgan fingerprint density at radius 1 is 1.23 bits per heavy atom. The summed E-state index contributed by atoms with van der Waals surface area (Å²) < 4.78 is 23.7. The van der Waals surface area contributed by atoms with Crippen LogP contribution in [0.5, 0.6) is 0 Å². The van der Waals surface area contributed by atoms with Gasteiger partial charge in [-0.2, -0.15) is 0 Å². The number of carboxylic acids is 1. The van der Waals surface area contributed by atoms with Crippen LogP contribution in [0.15, 0.2) is 30.3 Å². The van der Waals surface area contributed by atoms with Crippen LogP contribution in [0, 0.1) is 5.92 Å². The van der Waals surface area contributed by atoms with Gasteiger partial charge in [0, 0.05) is 19.6 Å². The van der Waals surface area contributed by atoms with E-state index in [0.29, 0.717) is 51.9 Å². The van der Waals surface area contributed by atoms with E-state index in [4.69, 9.17) is 15.0 Å². The Morgan fingerprint density at radius 3 is 2.52 bits per heavy atom. The molecule has 1 aromatic rings. The summed E-state index contributed by atoms with van der Waals surface area (Å²) >= 11 is 0. The molecule has 10 heteroatoms. The summed E-state index contributed by atoms with van der Waals surface area (Å²) in [5, 5.41) is 12.1. The van der Waals surface area contributed by atoms with E-state index in [2.05, 4.69) is 5.32 Å². The van der Waals surface area contributed by atoms with Gasteiger partial charge in [-0.05, 0) is 56.6 Å². The normalized spacial score (nSPS) is 18.6. The maximum absolute atomic E-state index is 13.2. The first-order chi connectivity index (χ1) is 14.8. The summed E-state index contributed by atoms with van der Waals surface area (Å²) in [6.07, 6.45) is 1.25. The van der Waals surface area contributed by atoms with Gasteiger partial charge in [-0.25, -0.2) is 4.79 Å². The Kier molecular flexibility index (Phi) is 10.6. The number of amides is 1. The van der Waals surface area contributed by atoms with Crippen LogP contribution >= 0.6 is 7.60 Å². The summed E-state index contributed by atoms with van der Waals surface area (Å²) in [4.78, 5) is 34.9. The summed E-state index contributed by atoms with van der Waals surface area (Å²) in [6.45, 7) is 1.20. The Hall–Kier alpha value is -1.77. The van der Waals surface area contributed by atoms with Gasteiger partial charge in [-0.1, -0.05) is 30.3 Å². The molecule has 1 aliphatic rings. The number of hydrogen-bond acceptors (Lipinski definition) is 6. The molecule has 0 bridgehead atoms. The lowest BCUT2D eigenvalue weighted by atomic mass is 10.00. The molecular weight excluding hydrogens is 423 g/mol. The Balaban J connectivity index is 2.08. The van der Waals surface area contributed by atoms with Gasteiger partial charge >= 0.3 is 13.6 Å². The zero-order valence-electron chi connectivity index (χ0n) is 17.7. The average Bonchev–Trinajstić information content (AvgIpc) is 2.76. The molecule has 3 atom stereocenters. The van der Waals surface area contributed by atoms with Crippen molar-refractivity contribution in [1.82, 2.24) is 5.32 Å². The standard InChI is InChI=1S/C21H33N2O7P/c22-13-5-4-8-18(21(25)26)30-31(27,28)20(17-11-14-29-15-12-17)23-19(24)10-9-16-6-2-1-3-7-16/h1-3,6-7,17-18,20H,4-5,8-15,22H2,(H,23,24)(H,25,26)(H,27,28)/t18-,20?/m0/s1. The Bertz CT molecular complexity index is 741. The van der Waals surface area contributed by atoms with Crippen LogP contribution in [0.2, 0.25) is 0 Å². The Labute approximate surface area is 182 Å². The molecular formula is C21H33N2O7P. The molecule has 0 saturated carbocycles. The molecule has 5 N–H and O–H groups in total. The second-order valence-corrected chi connectivity index (χ2v) is 9.62. The molecule has 0 radical (unpaired) electrons. The molecule has 1 saturated heterocycles. The van der Waals surface area contributed by atoms with E-state index in [1.807, 2.05) is 30.3 Å². The number of hydrogen-bond donors (Lipinski definition) is 4. The lowest BCUT2D eigenvalue weighted by molar-refractivity contribution is -0.145. The van der Waals surface area contributed by atoms with Crippen LogP contribution in [-0.2, 0) is 29.8 Å². The molecule has 31 heavy (non-hydrogen) atoms. The fourth-order valence-corrected chi connectivity index (χ4v) is 5.41. The van der Waals surface area contributed by atoms with Gasteiger partial charge < -0.3 is 25.8 Å². The lowest BCUT2D eigenvalue weighted by Gasteiger charge is -2.34. The fraction of sp³-hybridized carbons (Fsp3) is 0.619. The van der Waals surface area contributed by atoms with E-state index < -0.39 is 25.5 Å². The van der Waals surface area contributed by atoms with Gasteiger partial charge in [0.15, 0.2) is 6.10 Å². The number of rotatable bonds is 13. The number of aliphatic carboxylic acids is 1. The van der Waals surface area contributed by atoms with E-state index in [0.717, 1.165) is 5.56 Å². The summed E-state index contributed by atoms with van der Waals surface area (Å²) in [5.41, 5.74) is 6.42. The molecule has 1 aliphatic heterocycles. The maximum atomic E-state index is 13.2. The zero-order chi connectivity index (χ0) is 22.7. The molecule has 2 unspecified atom stereocenters. The highest BCUT2D eigenvalue weighted by molar-refractivity contribution is 7.53. The van der Waals surface area contributed by atoms with Crippen LogP contribution in [-0.4, -0.2) is 53.5 Å². The second-order valence-electron chi connectivity index (χ2n) is 7.73. The van der Waals surface area contributed by atoms with E-state index in [9.17, 15) is 24.2 Å². The quantitative estimate of drug-likeness (QED) is 0.261. The van der Waals surface area contributed by atoms with Crippen molar-refractivity contribution in [3.63, 3.8) is 0 Å². The molecule has 9 nitrogen and oxygen atoms in total. The van der Waals surface area contributed by atoms with Gasteiger partial charge in [0.25, 0.3) is 0 Å². The molecule has 174 valence electrons. The SMILES string of the molecule is NCCCC[C@H](OP(=O)(O)C(NC(=O)CCc1ccccc1)C1CCOCC1)C(=O)O. The Morgan fingerprint density at radius 2 is 1.90 bits per heavy atom. The number of aryl methyl sites for hydroxylation is 1. The van der Waals surface area contributed by atoms with E-state index in [1.54, 1.807) is 0 Å². The second kappa shape index (κ2) is 12.9. The number of unbranched alkanes of at least 4 members (excludes halogenated alkanes) is 1. The van der Waals surface area contributed by atoms with Gasteiger partial charge in [0.1, 0.15) is 5.78 Å². The van der Waals surface area contributed by atoms with Crippen molar-refractivity contribution in [3.8, 4) is 0 Å². The highest BCUT2D eigenvalue weighted by Gasteiger charge is 2.43. The molecule has 0 aliphatic carbocycles. The smallest absolute Gasteiger partial charge is 0.351 e. The minimum atomic E-state index is -4.48. The number of carboxylic acid groups (broad SMARTS) is 1. The average molecular weight is 456 g/mol. The van der Waals surface area contributed by atoms with Crippen molar-refractivity contribution in [2.24, 2.45) is 11.7 Å². The van der Waals surface area contributed by atoms with E-state index in [-0.39, 0.29) is 24.7 Å². The first-order valence-electron chi connectivity index (χ1n) is 10.7. The number of nitrogens with two attached hydrogens (primary N) is 1. The molecule has 2 rings (SSSR count). The van der Waals surface area contributed by atoms with Crippen molar-refractivity contribution in [3.05, 3.63) is 35.9 Å². The first kappa shape index (κ1) is 25.5. The van der Waals surface area contributed by atoms with Crippen molar-refractivity contribution >= 4 is 19.5 Å². The third kappa shape index (κ3) is 8.71.